The molecule has 2 aromatic carbocycles. The summed E-state index contributed by atoms with van der Waals surface area (Å²) < 4.78 is 40.0. The maximum Gasteiger partial charge on any atom is 0.305 e. The molecule has 0 unspecified atom stereocenters. The number of carbonyl (C=O) groups is 1. The molecule has 0 fully saturated rings. The highest BCUT2D eigenvalue weighted by Crippen LogP contribution is 2.36. The van der Waals surface area contributed by atoms with Crippen LogP contribution >= 0.6 is 0 Å². The van der Waals surface area contributed by atoms with Crippen LogP contribution in [0.5, 0.6) is 0 Å². The standard InChI is InChI=1S/C36H58O8Si/c1-5-6-7-8-15-20-35(37)43-31-29-41-27-25-39-23-21-38-22-24-40-26-28-42-30-32-44-45(36(2,3)4,33-16-11-9-12-17-33)34-18-13-10-14-19-34/h9-14,16-19H,5-8,15,20-32H2,1-4H3. The van der Waals surface area contributed by atoms with Crippen molar-refractivity contribution in [3.05, 3.63) is 60.7 Å². The van der Waals surface area contributed by atoms with E-state index in [0.717, 1.165) is 12.8 Å². The molecule has 2 rings (SSSR count). The van der Waals surface area contributed by atoms with E-state index in [1.54, 1.807) is 0 Å². The monoisotopic (exact) mass is 646 g/mol. The first-order valence-corrected chi connectivity index (χ1v) is 18.6. The first kappa shape index (κ1) is 39.1. The van der Waals surface area contributed by atoms with Crippen LogP contribution in [-0.4, -0.2) is 93.6 Å². The molecule has 0 aliphatic carbocycles. The first-order valence-electron chi connectivity index (χ1n) is 16.7. The van der Waals surface area contributed by atoms with Gasteiger partial charge in [-0.05, 0) is 21.8 Å². The molecule has 0 aliphatic rings. The van der Waals surface area contributed by atoms with Gasteiger partial charge in [-0.1, -0.05) is 114 Å². The van der Waals surface area contributed by atoms with Crippen LogP contribution in [0, 0.1) is 0 Å². The van der Waals surface area contributed by atoms with E-state index in [1.165, 1.54) is 29.6 Å². The summed E-state index contributed by atoms with van der Waals surface area (Å²) in [5.74, 6) is -0.142. The Morgan fingerprint density at radius 3 is 1.38 bits per heavy atom. The molecule has 254 valence electrons. The summed E-state index contributed by atoms with van der Waals surface area (Å²) in [5, 5.41) is 2.48. The van der Waals surface area contributed by atoms with Crippen molar-refractivity contribution in [2.24, 2.45) is 0 Å². The van der Waals surface area contributed by atoms with Crippen molar-refractivity contribution in [1.82, 2.24) is 0 Å². The molecule has 0 radical (unpaired) electrons. The summed E-state index contributed by atoms with van der Waals surface area (Å²) >= 11 is 0. The molecule has 0 aliphatic heterocycles. The summed E-state index contributed by atoms with van der Waals surface area (Å²) in [6.07, 6.45) is 6.09. The van der Waals surface area contributed by atoms with Gasteiger partial charge >= 0.3 is 5.97 Å². The molecule has 45 heavy (non-hydrogen) atoms. The van der Waals surface area contributed by atoms with E-state index >= 15 is 0 Å². The Morgan fingerprint density at radius 2 is 0.956 bits per heavy atom. The molecule has 2 aromatic rings. The molecule has 9 heteroatoms. The van der Waals surface area contributed by atoms with Gasteiger partial charge in [0.2, 0.25) is 0 Å². The Hall–Kier alpha value is -2.11. The fourth-order valence-corrected chi connectivity index (χ4v) is 9.70. The van der Waals surface area contributed by atoms with E-state index in [-0.39, 0.29) is 17.6 Å². The molecule has 0 saturated carbocycles. The van der Waals surface area contributed by atoms with Gasteiger partial charge in [-0.2, -0.15) is 0 Å². The van der Waals surface area contributed by atoms with Crippen molar-refractivity contribution in [2.75, 3.05) is 79.3 Å². The number of hydrogen-bond donors (Lipinski definition) is 0. The molecule has 0 N–H and O–H groups in total. The van der Waals surface area contributed by atoms with Gasteiger partial charge in [0.05, 0.1) is 72.7 Å². The zero-order chi connectivity index (χ0) is 32.5. The normalized spacial score (nSPS) is 12.0. The van der Waals surface area contributed by atoms with E-state index in [0.29, 0.717) is 79.1 Å². The predicted octanol–water partition coefficient (Wildman–Crippen LogP) is 5.55. The molecule has 0 saturated heterocycles. The highest BCUT2D eigenvalue weighted by Gasteiger charge is 2.49. The largest absolute Gasteiger partial charge is 0.463 e. The zero-order valence-corrected chi connectivity index (χ0v) is 29.3. The fraction of sp³-hybridized carbons (Fsp3) is 0.639. The van der Waals surface area contributed by atoms with Gasteiger partial charge in [0.25, 0.3) is 8.32 Å². The Balaban J connectivity index is 1.45. The van der Waals surface area contributed by atoms with Crippen LogP contribution in [0.1, 0.15) is 66.2 Å². The number of unbranched alkanes of at least 4 members (excludes halogenated alkanes) is 4. The minimum Gasteiger partial charge on any atom is -0.463 e. The minimum absolute atomic E-state index is 0.0534. The number of benzene rings is 2. The van der Waals surface area contributed by atoms with E-state index in [2.05, 4.69) is 88.4 Å². The van der Waals surface area contributed by atoms with Crippen molar-refractivity contribution in [2.45, 2.75) is 71.3 Å². The van der Waals surface area contributed by atoms with Gasteiger partial charge < -0.3 is 32.8 Å². The lowest BCUT2D eigenvalue weighted by molar-refractivity contribution is -0.145. The fourth-order valence-electron chi connectivity index (χ4n) is 5.16. The van der Waals surface area contributed by atoms with Gasteiger partial charge in [-0.15, -0.1) is 0 Å². The molecule has 0 amide bonds. The van der Waals surface area contributed by atoms with Crippen LogP contribution < -0.4 is 10.4 Å². The zero-order valence-electron chi connectivity index (χ0n) is 28.3. The van der Waals surface area contributed by atoms with Gasteiger partial charge in [0, 0.05) is 6.42 Å². The van der Waals surface area contributed by atoms with Crippen LogP contribution in [0.4, 0.5) is 0 Å². The van der Waals surface area contributed by atoms with Crippen molar-refractivity contribution >= 4 is 24.7 Å². The molecule has 0 atom stereocenters. The highest BCUT2D eigenvalue weighted by molar-refractivity contribution is 6.99. The smallest absolute Gasteiger partial charge is 0.305 e. The second kappa shape index (κ2) is 24.1. The van der Waals surface area contributed by atoms with Crippen molar-refractivity contribution in [1.29, 1.82) is 0 Å². The lowest BCUT2D eigenvalue weighted by atomic mass is 10.1. The van der Waals surface area contributed by atoms with Gasteiger partial charge in [-0.3, -0.25) is 4.79 Å². The summed E-state index contributed by atoms with van der Waals surface area (Å²) in [5.41, 5.74) is 0. The molecule has 0 spiro atoms. The van der Waals surface area contributed by atoms with Crippen LogP contribution in [0.3, 0.4) is 0 Å². The third kappa shape index (κ3) is 15.8. The summed E-state index contributed by atoms with van der Waals surface area (Å²) in [6.45, 7) is 14.6. The van der Waals surface area contributed by atoms with Crippen LogP contribution in [0.15, 0.2) is 60.7 Å². The highest BCUT2D eigenvalue weighted by atomic mass is 28.4. The number of ether oxygens (including phenoxy) is 6. The van der Waals surface area contributed by atoms with Crippen molar-refractivity contribution in [3.8, 4) is 0 Å². The lowest BCUT2D eigenvalue weighted by Gasteiger charge is -2.43. The Labute approximate surface area is 273 Å². The van der Waals surface area contributed by atoms with Crippen LogP contribution in [0.25, 0.3) is 0 Å². The van der Waals surface area contributed by atoms with Crippen molar-refractivity contribution < 1.29 is 37.6 Å². The number of esters is 1. The number of hydrogen-bond acceptors (Lipinski definition) is 8. The first-order chi connectivity index (χ1) is 21.9. The number of carbonyl (C=O) groups excluding carboxylic acids is 1. The van der Waals surface area contributed by atoms with E-state index in [1.807, 2.05) is 0 Å². The minimum atomic E-state index is -2.53. The molecule has 0 heterocycles. The third-order valence-corrected chi connectivity index (χ3v) is 12.5. The third-order valence-electron chi connectivity index (χ3n) is 7.43. The quantitative estimate of drug-likeness (QED) is 0.0711. The maximum atomic E-state index is 11.7. The topological polar surface area (TPSA) is 81.7 Å². The second-order valence-corrected chi connectivity index (χ2v) is 16.3. The van der Waals surface area contributed by atoms with E-state index in [4.69, 9.17) is 32.8 Å². The molecular formula is C36H58O8Si. The number of rotatable bonds is 27. The SMILES string of the molecule is CCCCCCCC(=O)OCCOCCOCCOCCOCCOCCO[Si](c1ccccc1)(c1ccccc1)C(C)(C)C. The molecular weight excluding hydrogens is 588 g/mol. The molecule has 0 bridgehead atoms. The van der Waals surface area contributed by atoms with Crippen molar-refractivity contribution in [3.63, 3.8) is 0 Å². The second-order valence-electron chi connectivity index (χ2n) is 12.0. The molecule has 8 nitrogen and oxygen atoms in total. The summed E-state index contributed by atoms with van der Waals surface area (Å²) in [6, 6.07) is 21.3. The van der Waals surface area contributed by atoms with Gasteiger partial charge in [-0.25, -0.2) is 0 Å². The van der Waals surface area contributed by atoms with Gasteiger partial charge in [0.1, 0.15) is 6.61 Å². The average Bonchev–Trinajstić information content (AvgIpc) is 3.04. The van der Waals surface area contributed by atoms with E-state index in [9.17, 15) is 4.79 Å². The Bertz CT molecular complexity index is 944. The summed E-state index contributed by atoms with van der Waals surface area (Å²) in [7, 11) is -2.53. The Morgan fingerprint density at radius 1 is 0.556 bits per heavy atom. The van der Waals surface area contributed by atoms with E-state index < -0.39 is 8.32 Å². The molecule has 0 aromatic heterocycles. The van der Waals surface area contributed by atoms with Crippen LogP contribution in [-0.2, 0) is 37.6 Å². The summed E-state index contributed by atoms with van der Waals surface area (Å²) in [4.78, 5) is 11.7. The van der Waals surface area contributed by atoms with Crippen LogP contribution in [0.2, 0.25) is 5.04 Å². The maximum absolute atomic E-state index is 11.7. The Kier molecular flexibility index (Phi) is 20.9. The average molecular weight is 647 g/mol. The lowest BCUT2D eigenvalue weighted by Crippen LogP contribution is -2.66. The van der Waals surface area contributed by atoms with Gasteiger partial charge in [0.15, 0.2) is 0 Å². The predicted molar refractivity (Wildman–Crippen MR) is 182 cm³/mol.